The van der Waals surface area contributed by atoms with Crippen LogP contribution >= 0.6 is 0 Å². The predicted octanol–water partition coefficient (Wildman–Crippen LogP) is 3.39. The maximum Gasteiger partial charge on any atom is 0.336 e. The van der Waals surface area contributed by atoms with Crippen LogP contribution in [0.1, 0.15) is 30.9 Å². The molecule has 10 nitrogen and oxygen atoms in total. The van der Waals surface area contributed by atoms with Gasteiger partial charge in [-0.25, -0.2) is 19.7 Å². The van der Waals surface area contributed by atoms with Gasteiger partial charge in [0.2, 0.25) is 6.23 Å². The van der Waals surface area contributed by atoms with Crippen LogP contribution in [0.15, 0.2) is 82.1 Å². The fourth-order valence-electron chi connectivity index (χ4n) is 4.58. The van der Waals surface area contributed by atoms with E-state index in [2.05, 4.69) is 10.6 Å². The van der Waals surface area contributed by atoms with Crippen molar-refractivity contribution in [2.24, 2.45) is 4.99 Å². The number of non-ortho nitro benzene ring substituents is 1. The number of likely N-dealkylation sites (N-methyl/N-ethyl adjacent to an activating group) is 1. The number of nitro benzene ring substituents is 1. The summed E-state index contributed by atoms with van der Waals surface area (Å²) in [5.74, 6) is -0.477. The van der Waals surface area contributed by atoms with E-state index in [-0.39, 0.29) is 5.69 Å². The third-order valence-electron chi connectivity index (χ3n) is 6.18. The molecule has 2 aromatic rings. The molecule has 2 N–H and O–H groups in total. The highest BCUT2D eigenvalue weighted by Gasteiger charge is 2.41. The molecule has 2 aliphatic rings. The fraction of sp³-hybridized carbons (Fsp3) is 0.308. The molecule has 2 heterocycles. The second-order valence-electron chi connectivity index (χ2n) is 8.58. The second-order valence-corrected chi connectivity index (χ2v) is 8.58. The highest BCUT2D eigenvalue weighted by Crippen LogP contribution is 2.43. The van der Waals surface area contributed by atoms with Crippen molar-refractivity contribution >= 4 is 17.5 Å². The summed E-state index contributed by atoms with van der Waals surface area (Å²) in [6, 6.07) is 16.2. The van der Waals surface area contributed by atoms with Gasteiger partial charge in [-0.3, -0.25) is 10.1 Å². The van der Waals surface area contributed by atoms with Crippen LogP contribution < -0.4 is 10.6 Å². The summed E-state index contributed by atoms with van der Waals surface area (Å²) in [6.07, 6.45) is -0.749. The van der Waals surface area contributed by atoms with Crippen molar-refractivity contribution in [2.45, 2.75) is 32.5 Å². The topological polar surface area (TPSA) is 118 Å². The number of hydrogen-bond donors (Lipinski definition) is 2. The van der Waals surface area contributed by atoms with Gasteiger partial charge in [0, 0.05) is 35.0 Å². The zero-order valence-electron chi connectivity index (χ0n) is 20.6. The second kappa shape index (κ2) is 10.7. The molecular formula is C26H29N5O5. The van der Waals surface area contributed by atoms with Crippen molar-refractivity contribution in [1.29, 1.82) is 0 Å². The third-order valence-corrected chi connectivity index (χ3v) is 6.18. The molecule has 36 heavy (non-hydrogen) atoms. The summed E-state index contributed by atoms with van der Waals surface area (Å²) >= 11 is 0. The Balaban J connectivity index is 1.78. The molecule has 0 saturated carbocycles. The first kappa shape index (κ1) is 25.1. The number of amidine groups is 1. The lowest BCUT2D eigenvalue weighted by Gasteiger charge is -2.33. The minimum atomic E-state index is -0.749. The Bertz CT molecular complexity index is 1250. The third kappa shape index (κ3) is 5.00. The van der Waals surface area contributed by atoms with Gasteiger partial charge in [0.05, 0.1) is 30.7 Å². The Labute approximate surface area is 209 Å². The van der Waals surface area contributed by atoms with Crippen LogP contribution in [0.3, 0.4) is 0 Å². The Hall–Kier alpha value is -4.02. The largest absolute Gasteiger partial charge is 0.466 e. The number of dihydropyridines is 1. The predicted molar refractivity (Wildman–Crippen MR) is 135 cm³/mol. The number of aliphatic imine (C=N–C) groups is 1. The summed E-state index contributed by atoms with van der Waals surface area (Å²) in [6.45, 7) is 4.62. The Morgan fingerprint density at radius 3 is 2.61 bits per heavy atom. The van der Waals surface area contributed by atoms with Gasteiger partial charge < -0.3 is 15.4 Å². The molecule has 0 fully saturated rings. The van der Waals surface area contributed by atoms with Crippen molar-refractivity contribution < 1.29 is 19.3 Å². The van der Waals surface area contributed by atoms with E-state index in [1.807, 2.05) is 44.3 Å². The lowest BCUT2D eigenvalue weighted by molar-refractivity contribution is -0.384. The number of carbonyl (C=O) groups is 1. The molecule has 2 aromatic carbocycles. The number of rotatable bonds is 8. The van der Waals surface area contributed by atoms with E-state index in [1.54, 1.807) is 24.1 Å². The first-order chi connectivity index (χ1) is 17.3. The number of esters is 1. The number of nitrogens with zero attached hydrogens (tertiary/aromatic N) is 3. The first-order valence-electron chi connectivity index (χ1n) is 11.5. The number of benzene rings is 2. The molecule has 188 valence electrons. The van der Waals surface area contributed by atoms with E-state index in [4.69, 9.17) is 14.6 Å². The van der Waals surface area contributed by atoms with Crippen molar-refractivity contribution in [3.8, 4) is 0 Å². The van der Waals surface area contributed by atoms with Gasteiger partial charge in [-0.15, -0.1) is 0 Å². The molecule has 0 spiro atoms. The molecule has 2 aliphatic heterocycles. The van der Waals surface area contributed by atoms with E-state index < -0.39 is 23.0 Å². The smallest absolute Gasteiger partial charge is 0.336 e. The van der Waals surface area contributed by atoms with E-state index in [0.717, 1.165) is 11.3 Å². The van der Waals surface area contributed by atoms with Crippen molar-refractivity contribution in [3.05, 3.63) is 98.4 Å². The molecule has 0 aromatic heterocycles. The number of methoxy groups -OCH3 is 1. The number of nitro groups is 1. The van der Waals surface area contributed by atoms with Gasteiger partial charge in [-0.2, -0.15) is 0 Å². The average Bonchev–Trinajstić information content (AvgIpc) is 3.25. The zero-order valence-corrected chi connectivity index (χ0v) is 20.6. The summed E-state index contributed by atoms with van der Waals surface area (Å²) in [5.41, 5.74) is 3.97. The van der Waals surface area contributed by atoms with Gasteiger partial charge in [0.25, 0.3) is 5.69 Å². The minimum Gasteiger partial charge on any atom is -0.466 e. The van der Waals surface area contributed by atoms with Crippen LogP contribution in [0.25, 0.3) is 0 Å². The number of carbonyl (C=O) groups excluding carboxylic acids is 1. The van der Waals surface area contributed by atoms with Crippen LogP contribution in [0.5, 0.6) is 0 Å². The molecule has 2 atom stereocenters. The number of allylic oxidation sites excluding steroid dienone is 2. The maximum atomic E-state index is 12.9. The SMILES string of the molecule is CNCC1=NC(C2=C(C)NC(C)=C(C(=O)OC)C2c2cccc([N+](=O)[O-])c2)ON1Cc1ccccc1. The van der Waals surface area contributed by atoms with Crippen molar-refractivity contribution in [1.82, 2.24) is 15.7 Å². The molecule has 0 bridgehead atoms. The van der Waals surface area contributed by atoms with Crippen LogP contribution in [-0.4, -0.2) is 48.7 Å². The number of hydroxylamine groups is 2. The Morgan fingerprint density at radius 1 is 1.19 bits per heavy atom. The minimum absolute atomic E-state index is 0.0673. The molecular weight excluding hydrogens is 462 g/mol. The average molecular weight is 492 g/mol. The lowest BCUT2D eigenvalue weighted by atomic mass is 9.79. The molecule has 2 unspecified atom stereocenters. The number of ether oxygens (including phenoxy) is 1. The lowest BCUT2D eigenvalue weighted by Crippen LogP contribution is -2.35. The van der Waals surface area contributed by atoms with E-state index >= 15 is 0 Å². The quantitative estimate of drug-likeness (QED) is 0.328. The van der Waals surface area contributed by atoms with Crippen LogP contribution in [-0.2, 0) is 20.9 Å². The molecule has 0 radical (unpaired) electrons. The van der Waals surface area contributed by atoms with Gasteiger partial charge in [0.15, 0.2) is 0 Å². The summed E-state index contributed by atoms with van der Waals surface area (Å²) in [4.78, 5) is 35.2. The van der Waals surface area contributed by atoms with Gasteiger partial charge in [0.1, 0.15) is 5.84 Å². The number of hydrogen-bond acceptors (Lipinski definition) is 9. The van der Waals surface area contributed by atoms with Crippen molar-refractivity contribution in [2.75, 3.05) is 20.7 Å². The molecule has 10 heteroatoms. The van der Waals surface area contributed by atoms with Crippen LogP contribution in [0, 0.1) is 10.1 Å². The van der Waals surface area contributed by atoms with Gasteiger partial charge >= 0.3 is 5.97 Å². The van der Waals surface area contributed by atoms with Gasteiger partial charge in [-0.1, -0.05) is 42.5 Å². The first-order valence-corrected chi connectivity index (χ1v) is 11.5. The standard InChI is InChI=1S/C26H29N5O5/c1-16-22(25-29-21(14-27-3)30(36-25)15-18-9-6-5-7-10-18)24(23(17(2)28-16)26(32)35-4)19-11-8-12-20(13-19)31(33)34/h5-13,24-25,27-28H,14-15H2,1-4H3. The fourth-order valence-corrected chi connectivity index (χ4v) is 4.58. The summed E-state index contributed by atoms with van der Waals surface area (Å²) in [5, 5.41) is 19.6. The molecule has 0 saturated heterocycles. The van der Waals surface area contributed by atoms with Gasteiger partial charge in [-0.05, 0) is 32.0 Å². The molecule has 0 amide bonds. The van der Waals surface area contributed by atoms with E-state index in [0.29, 0.717) is 41.3 Å². The monoisotopic (exact) mass is 491 g/mol. The Kier molecular flexibility index (Phi) is 7.47. The maximum absolute atomic E-state index is 12.9. The molecule has 4 rings (SSSR count). The number of nitrogens with one attached hydrogen (secondary N) is 2. The highest BCUT2D eigenvalue weighted by atomic mass is 16.7. The van der Waals surface area contributed by atoms with E-state index in [9.17, 15) is 14.9 Å². The summed E-state index contributed by atoms with van der Waals surface area (Å²) < 4.78 is 5.11. The highest BCUT2D eigenvalue weighted by molar-refractivity contribution is 5.93. The Morgan fingerprint density at radius 2 is 1.94 bits per heavy atom. The summed E-state index contributed by atoms with van der Waals surface area (Å²) in [7, 11) is 3.14. The van der Waals surface area contributed by atoms with Crippen molar-refractivity contribution in [3.63, 3.8) is 0 Å². The van der Waals surface area contributed by atoms with Crippen LogP contribution in [0.4, 0.5) is 5.69 Å². The van der Waals surface area contributed by atoms with E-state index in [1.165, 1.54) is 19.2 Å². The normalized spacial score (nSPS) is 19.8. The molecule has 0 aliphatic carbocycles. The van der Waals surface area contributed by atoms with Crippen LogP contribution in [0.2, 0.25) is 0 Å². The zero-order chi connectivity index (χ0) is 25.8.